The molecule has 0 saturated carbocycles. The Kier molecular flexibility index (Phi) is 12.8. The van der Waals surface area contributed by atoms with Crippen LogP contribution in [0.1, 0.15) is 68.2 Å². The Balaban J connectivity index is 0.000000280. The van der Waals surface area contributed by atoms with Gasteiger partial charge in [0.25, 0.3) is 0 Å². The summed E-state index contributed by atoms with van der Waals surface area (Å²) in [6.07, 6.45) is 3.40. The van der Waals surface area contributed by atoms with E-state index in [0.717, 1.165) is 38.4 Å². The first-order valence-electron chi connectivity index (χ1n) is 11.6. The molecule has 168 valence electrons. The van der Waals surface area contributed by atoms with Gasteiger partial charge in [0.15, 0.2) is 0 Å². The van der Waals surface area contributed by atoms with Crippen LogP contribution in [0.5, 0.6) is 0 Å². The molecule has 0 atom stereocenters. The molecule has 0 aromatic carbocycles. The minimum absolute atomic E-state index is 0.345. The third-order valence-corrected chi connectivity index (χ3v) is 5.89. The van der Waals surface area contributed by atoms with Crippen molar-refractivity contribution in [2.75, 3.05) is 52.7 Å². The number of piperidine rings is 1. The third kappa shape index (κ3) is 11.1. The third-order valence-electron chi connectivity index (χ3n) is 5.89. The van der Waals surface area contributed by atoms with Crippen LogP contribution in [0.4, 0.5) is 0 Å². The van der Waals surface area contributed by atoms with Gasteiger partial charge in [0.2, 0.25) is 0 Å². The zero-order valence-electron chi connectivity index (χ0n) is 20.1. The molecule has 0 N–H and O–H groups in total. The Morgan fingerprint density at radius 1 is 0.643 bits per heavy atom. The van der Waals surface area contributed by atoms with Gasteiger partial charge >= 0.3 is 0 Å². The standard InChI is InChI=1S/C12H25NO.C11H24N2O/c1-10(2)12-5-7-13(8-6-12)9-14-11(3)4;1-10(2)13-7-5-12(6-8-13)9-14-11(3)4/h10-12H,5-9H2,1-4H3;10-11H,5-9H2,1-4H3. The van der Waals surface area contributed by atoms with Crippen LogP contribution in [0, 0.1) is 11.8 Å². The normalized spacial score (nSPS) is 21.0. The maximum absolute atomic E-state index is 5.60. The molecule has 2 aliphatic rings. The molecule has 0 bridgehead atoms. The van der Waals surface area contributed by atoms with Gasteiger partial charge in [-0.1, -0.05) is 13.8 Å². The second-order valence-corrected chi connectivity index (χ2v) is 9.64. The molecule has 2 fully saturated rings. The number of likely N-dealkylation sites (tertiary alicyclic amines) is 1. The molecule has 2 heterocycles. The van der Waals surface area contributed by atoms with Crippen molar-refractivity contribution in [3.63, 3.8) is 0 Å². The van der Waals surface area contributed by atoms with Crippen LogP contribution >= 0.6 is 0 Å². The molecule has 28 heavy (non-hydrogen) atoms. The molecule has 0 radical (unpaired) electrons. The van der Waals surface area contributed by atoms with E-state index >= 15 is 0 Å². The van der Waals surface area contributed by atoms with E-state index < -0.39 is 0 Å². The lowest BCUT2D eigenvalue weighted by Gasteiger charge is -2.36. The Labute approximate surface area is 175 Å². The molecular weight excluding hydrogens is 350 g/mol. The van der Waals surface area contributed by atoms with Crippen molar-refractivity contribution in [1.29, 1.82) is 0 Å². The molecule has 0 aromatic heterocycles. The van der Waals surface area contributed by atoms with Gasteiger partial charge in [-0.05, 0) is 66.2 Å². The Bertz CT molecular complexity index is 336. The summed E-state index contributed by atoms with van der Waals surface area (Å²) >= 11 is 0. The summed E-state index contributed by atoms with van der Waals surface area (Å²) in [4.78, 5) is 7.34. The molecule has 2 rings (SSSR count). The average Bonchev–Trinajstić information content (AvgIpc) is 2.65. The minimum atomic E-state index is 0.345. The predicted molar refractivity (Wildman–Crippen MR) is 120 cm³/mol. The van der Waals surface area contributed by atoms with Gasteiger partial charge in [-0.15, -0.1) is 0 Å². The van der Waals surface area contributed by atoms with Crippen molar-refractivity contribution < 1.29 is 9.47 Å². The molecule has 2 aliphatic heterocycles. The van der Waals surface area contributed by atoms with Crippen molar-refractivity contribution in [2.45, 2.75) is 86.5 Å². The maximum Gasteiger partial charge on any atom is 0.0994 e. The van der Waals surface area contributed by atoms with Gasteiger partial charge in [0.05, 0.1) is 25.7 Å². The van der Waals surface area contributed by atoms with E-state index in [-0.39, 0.29) is 0 Å². The molecular formula is C23H49N3O2. The summed E-state index contributed by atoms with van der Waals surface area (Å²) in [5, 5.41) is 0. The first-order chi connectivity index (χ1) is 13.2. The first kappa shape index (κ1) is 25.8. The highest BCUT2D eigenvalue weighted by atomic mass is 16.5. The number of hydrogen-bond donors (Lipinski definition) is 0. The number of nitrogens with zero attached hydrogens (tertiary/aromatic N) is 3. The van der Waals surface area contributed by atoms with Crippen LogP contribution in [0.3, 0.4) is 0 Å². The van der Waals surface area contributed by atoms with Crippen LogP contribution in [0.2, 0.25) is 0 Å². The second-order valence-electron chi connectivity index (χ2n) is 9.64. The lowest BCUT2D eigenvalue weighted by atomic mass is 9.87. The van der Waals surface area contributed by atoms with Crippen molar-refractivity contribution in [2.24, 2.45) is 11.8 Å². The molecule has 5 heteroatoms. The summed E-state index contributed by atoms with van der Waals surface area (Å²) in [6.45, 7) is 26.3. The smallest absolute Gasteiger partial charge is 0.0994 e. The van der Waals surface area contributed by atoms with Gasteiger partial charge in [-0.25, -0.2) is 0 Å². The molecule has 0 amide bonds. The molecule has 0 spiro atoms. The van der Waals surface area contributed by atoms with Gasteiger partial charge in [0, 0.05) is 45.3 Å². The lowest BCUT2D eigenvalue weighted by Crippen LogP contribution is -2.49. The van der Waals surface area contributed by atoms with E-state index in [1.165, 1.54) is 39.0 Å². The van der Waals surface area contributed by atoms with Crippen LogP contribution in [0.15, 0.2) is 0 Å². The largest absolute Gasteiger partial charge is 0.363 e. The number of rotatable bonds is 8. The Morgan fingerprint density at radius 2 is 1.07 bits per heavy atom. The molecule has 0 aromatic rings. The van der Waals surface area contributed by atoms with Crippen molar-refractivity contribution in [1.82, 2.24) is 14.7 Å². The van der Waals surface area contributed by atoms with Crippen molar-refractivity contribution in [3.05, 3.63) is 0 Å². The van der Waals surface area contributed by atoms with Gasteiger partial charge in [0.1, 0.15) is 0 Å². The van der Waals surface area contributed by atoms with Crippen LogP contribution in [-0.2, 0) is 9.47 Å². The van der Waals surface area contributed by atoms with E-state index in [0.29, 0.717) is 18.2 Å². The maximum atomic E-state index is 5.60. The highest BCUT2D eigenvalue weighted by molar-refractivity contribution is 4.73. The number of ether oxygens (including phenoxy) is 2. The fourth-order valence-electron chi connectivity index (χ4n) is 3.67. The van der Waals surface area contributed by atoms with Crippen molar-refractivity contribution >= 4 is 0 Å². The SMILES string of the molecule is CC(C)OCN1CCC(C(C)C)CC1.CC(C)OCN1CCN(C(C)C)CC1. The molecule has 5 nitrogen and oxygen atoms in total. The molecule has 2 saturated heterocycles. The van der Waals surface area contributed by atoms with Crippen LogP contribution < -0.4 is 0 Å². The fourth-order valence-corrected chi connectivity index (χ4v) is 3.67. The molecule has 0 unspecified atom stereocenters. The van der Waals surface area contributed by atoms with Gasteiger partial charge in [-0.3, -0.25) is 14.7 Å². The highest BCUT2D eigenvalue weighted by Crippen LogP contribution is 2.24. The summed E-state index contributed by atoms with van der Waals surface area (Å²) in [6, 6.07) is 0.683. The van der Waals surface area contributed by atoms with E-state index in [2.05, 4.69) is 70.1 Å². The zero-order valence-corrected chi connectivity index (χ0v) is 20.1. The highest BCUT2D eigenvalue weighted by Gasteiger charge is 2.21. The minimum Gasteiger partial charge on any atom is -0.363 e. The van der Waals surface area contributed by atoms with Crippen molar-refractivity contribution in [3.8, 4) is 0 Å². The van der Waals surface area contributed by atoms with E-state index in [9.17, 15) is 0 Å². The zero-order chi connectivity index (χ0) is 21.1. The monoisotopic (exact) mass is 399 g/mol. The van der Waals surface area contributed by atoms with Crippen LogP contribution in [-0.4, -0.2) is 85.7 Å². The molecule has 0 aliphatic carbocycles. The first-order valence-corrected chi connectivity index (χ1v) is 11.6. The second kappa shape index (κ2) is 13.9. The van der Waals surface area contributed by atoms with Gasteiger partial charge in [-0.2, -0.15) is 0 Å². The summed E-state index contributed by atoms with van der Waals surface area (Å²) < 4.78 is 11.2. The van der Waals surface area contributed by atoms with Crippen LogP contribution in [0.25, 0.3) is 0 Å². The summed E-state index contributed by atoms with van der Waals surface area (Å²) in [7, 11) is 0. The Morgan fingerprint density at radius 3 is 1.43 bits per heavy atom. The lowest BCUT2D eigenvalue weighted by molar-refractivity contribution is -0.0288. The van der Waals surface area contributed by atoms with Gasteiger partial charge < -0.3 is 9.47 Å². The predicted octanol–water partition coefficient (Wildman–Crippen LogP) is 4.13. The quantitative estimate of drug-likeness (QED) is 0.612. The van der Waals surface area contributed by atoms with E-state index in [4.69, 9.17) is 9.47 Å². The summed E-state index contributed by atoms with van der Waals surface area (Å²) in [5.74, 6) is 1.79. The number of hydrogen-bond acceptors (Lipinski definition) is 5. The van der Waals surface area contributed by atoms with E-state index in [1.54, 1.807) is 0 Å². The topological polar surface area (TPSA) is 28.2 Å². The fraction of sp³-hybridized carbons (Fsp3) is 1.00. The van der Waals surface area contributed by atoms with E-state index in [1.807, 2.05) is 0 Å². The Hall–Kier alpha value is -0.200. The summed E-state index contributed by atoms with van der Waals surface area (Å²) in [5.41, 5.74) is 0. The number of piperazine rings is 1. The average molecular weight is 400 g/mol.